The molecule has 26 heavy (non-hydrogen) atoms. The highest BCUT2D eigenvalue weighted by Crippen LogP contribution is 2.51. The highest BCUT2D eigenvalue weighted by Gasteiger charge is 2.52. The lowest BCUT2D eigenvalue weighted by atomic mass is 9.87. The number of carbonyl (C=O) groups excluding carboxylic acids is 1. The number of halogens is 1. The highest BCUT2D eigenvalue weighted by atomic mass is 19.1. The zero-order chi connectivity index (χ0) is 18.3. The molecule has 2 aromatic rings. The van der Waals surface area contributed by atoms with Crippen molar-refractivity contribution in [1.82, 2.24) is 4.90 Å². The van der Waals surface area contributed by atoms with Crippen molar-refractivity contribution in [3.05, 3.63) is 71.0 Å². The minimum absolute atomic E-state index is 0.0542. The van der Waals surface area contributed by atoms with E-state index in [0.29, 0.717) is 18.5 Å². The molecule has 1 aliphatic carbocycles. The molecule has 2 aromatic carbocycles. The first-order valence-electron chi connectivity index (χ1n) is 8.83. The first-order chi connectivity index (χ1) is 12.5. The van der Waals surface area contributed by atoms with E-state index in [1.54, 1.807) is 23.1 Å². The molecule has 0 saturated heterocycles. The Hall–Kier alpha value is -2.69. The predicted octanol–water partition coefficient (Wildman–Crippen LogP) is 3.36. The second-order valence-electron chi connectivity index (χ2n) is 7.32. The maximum Gasteiger partial charge on any atom is 0.312 e. The van der Waals surface area contributed by atoms with Crippen LogP contribution in [0.1, 0.15) is 35.4 Å². The molecule has 2 aliphatic rings. The summed E-state index contributed by atoms with van der Waals surface area (Å²) in [5.41, 5.74) is 1.62. The van der Waals surface area contributed by atoms with Gasteiger partial charge in [-0.05, 0) is 42.0 Å². The van der Waals surface area contributed by atoms with E-state index >= 15 is 0 Å². The van der Waals surface area contributed by atoms with Crippen molar-refractivity contribution in [2.75, 3.05) is 6.54 Å². The van der Waals surface area contributed by atoms with Crippen molar-refractivity contribution in [2.24, 2.45) is 5.41 Å². The zero-order valence-electron chi connectivity index (χ0n) is 14.3. The molecule has 1 unspecified atom stereocenters. The Kier molecular flexibility index (Phi) is 4.02. The quantitative estimate of drug-likeness (QED) is 0.917. The van der Waals surface area contributed by atoms with Crippen molar-refractivity contribution in [2.45, 2.75) is 31.7 Å². The van der Waals surface area contributed by atoms with Gasteiger partial charge in [0.1, 0.15) is 5.82 Å². The molecule has 1 aliphatic heterocycles. The first-order valence-corrected chi connectivity index (χ1v) is 8.83. The molecule has 1 saturated carbocycles. The minimum Gasteiger partial charge on any atom is -0.481 e. The van der Waals surface area contributed by atoms with Crippen molar-refractivity contribution in [3.8, 4) is 0 Å². The van der Waals surface area contributed by atoms with Crippen LogP contribution in [0.3, 0.4) is 0 Å². The molecule has 0 spiro atoms. The Balaban J connectivity index is 1.59. The van der Waals surface area contributed by atoms with Crippen molar-refractivity contribution in [1.29, 1.82) is 0 Å². The summed E-state index contributed by atoms with van der Waals surface area (Å²) in [6.07, 6.45) is 1.81. The number of nitrogens with zero attached hydrogens (tertiary/aromatic N) is 1. The van der Waals surface area contributed by atoms with Gasteiger partial charge in [0.15, 0.2) is 0 Å². The first kappa shape index (κ1) is 16.8. The van der Waals surface area contributed by atoms with Gasteiger partial charge in [-0.25, -0.2) is 4.39 Å². The largest absolute Gasteiger partial charge is 0.481 e. The fraction of sp³-hybridized carbons (Fsp3) is 0.333. The van der Waals surface area contributed by atoms with Crippen LogP contribution in [0.5, 0.6) is 0 Å². The molecule has 1 amide bonds. The van der Waals surface area contributed by atoms with Gasteiger partial charge >= 0.3 is 5.97 Å². The number of carboxylic acids is 1. The summed E-state index contributed by atoms with van der Waals surface area (Å²) in [5, 5.41) is 9.59. The molecule has 0 bridgehead atoms. The average Bonchev–Trinajstić information content (AvgIpc) is 3.42. The Morgan fingerprint density at radius 1 is 1.12 bits per heavy atom. The third-order valence-electron chi connectivity index (χ3n) is 5.57. The second-order valence-corrected chi connectivity index (χ2v) is 7.32. The van der Waals surface area contributed by atoms with E-state index < -0.39 is 17.3 Å². The Bertz CT molecular complexity index is 875. The summed E-state index contributed by atoms with van der Waals surface area (Å²) < 4.78 is 14.0. The molecule has 1 atom stereocenters. The van der Waals surface area contributed by atoms with Crippen LogP contribution in [0.15, 0.2) is 48.5 Å². The molecule has 0 aromatic heterocycles. The van der Waals surface area contributed by atoms with E-state index in [1.807, 2.05) is 24.3 Å². The number of hydrogen-bond donors (Lipinski definition) is 1. The summed E-state index contributed by atoms with van der Waals surface area (Å²) in [4.78, 5) is 26.5. The van der Waals surface area contributed by atoms with Crippen LogP contribution >= 0.6 is 0 Å². The van der Waals surface area contributed by atoms with Gasteiger partial charge < -0.3 is 10.0 Å². The number of rotatable bonds is 4. The van der Waals surface area contributed by atoms with Crippen LogP contribution in [0.25, 0.3) is 0 Å². The van der Waals surface area contributed by atoms with Gasteiger partial charge in [0.05, 0.1) is 11.3 Å². The zero-order valence-corrected chi connectivity index (χ0v) is 14.3. The second kappa shape index (κ2) is 6.24. The fourth-order valence-electron chi connectivity index (χ4n) is 3.93. The maximum atomic E-state index is 14.0. The fourth-order valence-corrected chi connectivity index (χ4v) is 3.93. The predicted molar refractivity (Wildman–Crippen MR) is 94.0 cm³/mol. The average molecular weight is 353 g/mol. The molecular formula is C21H20FNO3. The number of hydrogen-bond acceptors (Lipinski definition) is 2. The molecule has 4 nitrogen and oxygen atoms in total. The van der Waals surface area contributed by atoms with Crippen molar-refractivity contribution in [3.63, 3.8) is 0 Å². The standard InChI is InChI=1S/C21H20FNO3/c22-18-8-4-2-5-14(18)11-21(9-10-21)20(26)23-12-15-6-1-3-7-16(15)17(13-23)19(24)25/h1-8,17H,9-13H2,(H,24,25). The monoisotopic (exact) mass is 353 g/mol. The maximum absolute atomic E-state index is 14.0. The van der Waals surface area contributed by atoms with E-state index in [1.165, 1.54) is 6.07 Å². The van der Waals surface area contributed by atoms with Crippen LogP contribution in [-0.2, 0) is 22.6 Å². The van der Waals surface area contributed by atoms with E-state index in [0.717, 1.165) is 24.0 Å². The Morgan fingerprint density at radius 3 is 2.50 bits per heavy atom. The van der Waals surface area contributed by atoms with Crippen LogP contribution in [0, 0.1) is 11.2 Å². The summed E-state index contributed by atoms with van der Waals surface area (Å²) in [6.45, 7) is 0.585. The molecule has 134 valence electrons. The van der Waals surface area contributed by atoms with E-state index in [4.69, 9.17) is 0 Å². The Morgan fingerprint density at radius 2 is 1.81 bits per heavy atom. The number of benzene rings is 2. The summed E-state index contributed by atoms with van der Waals surface area (Å²) in [7, 11) is 0. The third kappa shape index (κ3) is 2.87. The van der Waals surface area contributed by atoms with E-state index in [-0.39, 0.29) is 18.3 Å². The van der Waals surface area contributed by atoms with Gasteiger partial charge in [-0.15, -0.1) is 0 Å². The highest BCUT2D eigenvalue weighted by molar-refractivity contribution is 5.87. The van der Waals surface area contributed by atoms with Gasteiger partial charge in [0.25, 0.3) is 0 Å². The lowest BCUT2D eigenvalue weighted by molar-refractivity contribution is -0.143. The topological polar surface area (TPSA) is 57.6 Å². The number of fused-ring (bicyclic) bond motifs is 1. The SMILES string of the molecule is O=C(O)C1CN(C(=O)C2(Cc3ccccc3F)CC2)Cc2ccccc21. The van der Waals surface area contributed by atoms with E-state index in [9.17, 15) is 19.1 Å². The number of amides is 1. The Labute approximate surface area is 151 Å². The lowest BCUT2D eigenvalue weighted by Crippen LogP contribution is -2.44. The number of carboxylic acid groups (broad SMARTS) is 1. The van der Waals surface area contributed by atoms with Crippen molar-refractivity contribution < 1.29 is 19.1 Å². The summed E-state index contributed by atoms with van der Waals surface area (Å²) in [5.74, 6) is -1.98. The number of carbonyl (C=O) groups is 2. The molecule has 4 rings (SSSR count). The molecule has 1 heterocycles. The lowest BCUT2D eigenvalue weighted by Gasteiger charge is -2.35. The van der Waals surface area contributed by atoms with Crippen LogP contribution in [0.4, 0.5) is 4.39 Å². The minimum atomic E-state index is -0.922. The van der Waals surface area contributed by atoms with Gasteiger partial charge in [-0.1, -0.05) is 42.5 Å². The summed E-state index contributed by atoms with van der Waals surface area (Å²) in [6, 6.07) is 13.9. The molecule has 0 radical (unpaired) electrons. The molecular weight excluding hydrogens is 333 g/mol. The molecule has 5 heteroatoms. The van der Waals surface area contributed by atoms with E-state index in [2.05, 4.69) is 0 Å². The third-order valence-corrected chi connectivity index (χ3v) is 5.57. The molecule has 1 fully saturated rings. The molecule has 1 N–H and O–H groups in total. The van der Waals surface area contributed by atoms with Gasteiger partial charge in [0, 0.05) is 13.1 Å². The normalized spacial score (nSPS) is 20.3. The van der Waals surface area contributed by atoms with Crippen LogP contribution in [-0.4, -0.2) is 28.4 Å². The van der Waals surface area contributed by atoms with Crippen LogP contribution < -0.4 is 0 Å². The van der Waals surface area contributed by atoms with Crippen molar-refractivity contribution >= 4 is 11.9 Å². The van der Waals surface area contributed by atoms with Gasteiger partial charge in [-0.3, -0.25) is 9.59 Å². The smallest absolute Gasteiger partial charge is 0.312 e. The number of aliphatic carboxylic acids is 1. The van der Waals surface area contributed by atoms with Gasteiger partial charge in [0.2, 0.25) is 5.91 Å². The van der Waals surface area contributed by atoms with Gasteiger partial charge in [-0.2, -0.15) is 0 Å². The van der Waals surface area contributed by atoms with Crippen LogP contribution in [0.2, 0.25) is 0 Å². The summed E-state index contributed by atoms with van der Waals surface area (Å²) >= 11 is 0.